The second-order valence-corrected chi connectivity index (χ2v) is 5.35. The van der Waals surface area contributed by atoms with Crippen molar-refractivity contribution in [3.05, 3.63) is 34.7 Å². The van der Waals surface area contributed by atoms with Gasteiger partial charge in [0.15, 0.2) is 0 Å². The Morgan fingerprint density at radius 2 is 2.11 bits per heavy atom. The predicted octanol–water partition coefficient (Wildman–Crippen LogP) is 4.29. The van der Waals surface area contributed by atoms with E-state index in [0.29, 0.717) is 12.2 Å². The summed E-state index contributed by atoms with van der Waals surface area (Å²) in [6, 6.07) is 8.08. The van der Waals surface area contributed by atoms with Crippen LogP contribution >= 0.6 is 23.7 Å². The lowest BCUT2D eigenvalue weighted by atomic mass is 10.2. The standard InChI is InChI=1S/C14H13NO2S.ClH/c1-3-17-14(16)11-8(2)18-13-9-6-4-5-7-10(9)15-12(11)13;/h4-7,15H,3H2,1-2H3;1H. The first-order valence-electron chi connectivity index (χ1n) is 5.89. The number of para-hydroxylation sites is 1. The van der Waals surface area contributed by atoms with E-state index in [0.717, 1.165) is 26.0 Å². The van der Waals surface area contributed by atoms with Crippen molar-refractivity contribution in [2.24, 2.45) is 0 Å². The number of benzene rings is 1. The fraction of sp³-hybridized carbons (Fsp3) is 0.214. The third-order valence-corrected chi connectivity index (χ3v) is 4.13. The van der Waals surface area contributed by atoms with Crippen molar-refractivity contribution in [2.75, 3.05) is 6.61 Å². The van der Waals surface area contributed by atoms with E-state index in [9.17, 15) is 4.79 Å². The molecule has 100 valence electrons. The lowest BCUT2D eigenvalue weighted by molar-refractivity contribution is 0.0528. The molecule has 1 N–H and O–H groups in total. The number of halogens is 1. The number of hydrogen-bond donors (Lipinski definition) is 1. The van der Waals surface area contributed by atoms with Gasteiger partial charge in [0.05, 0.1) is 22.4 Å². The second kappa shape index (κ2) is 5.23. The minimum absolute atomic E-state index is 0. The third-order valence-electron chi connectivity index (χ3n) is 3.00. The maximum Gasteiger partial charge on any atom is 0.341 e. The first-order valence-corrected chi connectivity index (χ1v) is 6.71. The van der Waals surface area contributed by atoms with E-state index in [1.807, 2.05) is 32.0 Å². The Kier molecular flexibility index (Phi) is 3.83. The van der Waals surface area contributed by atoms with Crippen LogP contribution in [0.4, 0.5) is 0 Å². The summed E-state index contributed by atoms with van der Waals surface area (Å²) in [6.07, 6.45) is 0. The Bertz CT molecular complexity index is 744. The van der Waals surface area contributed by atoms with Gasteiger partial charge in [0, 0.05) is 15.8 Å². The van der Waals surface area contributed by atoms with Crippen molar-refractivity contribution < 1.29 is 9.53 Å². The van der Waals surface area contributed by atoms with Crippen molar-refractivity contribution in [1.29, 1.82) is 0 Å². The molecule has 0 unspecified atom stereocenters. The molecule has 0 bridgehead atoms. The quantitative estimate of drug-likeness (QED) is 0.717. The highest BCUT2D eigenvalue weighted by molar-refractivity contribution is 7.20. The minimum Gasteiger partial charge on any atom is -0.462 e. The lowest BCUT2D eigenvalue weighted by Gasteiger charge is -2.00. The van der Waals surface area contributed by atoms with Crippen LogP contribution in [-0.4, -0.2) is 17.6 Å². The summed E-state index contributed by atoms with van der Waals surface area (Å²) in [5.74, 6) is -0.243. The number of thiophene rings is 1. The van der Waals surface area contributed by atoms with Crippen LogP contribution < -0.4 is 0 Å². The van der Waals surface area contributed by atoms with Crippen molar-refractivity contribution >= 4 is 50.8 Å². The maximum absolute atomic E-state index is 12.0. The molecule has 0 spiro atoms. The summed E-state index contributed by atoms with van der Waals surface area (Å²) < 4.78 is 6.25. The summed E-state index contributed by atoms with van der Waals surface area (Å²) in [6.45, 7) is 4.18. The molecule has 0 aliphatic rings. The predicted molar refractivity (Wildman–Crippen MR) is 81.6 cm³/mol. The van der Waals surface area contributed by atoms with Gasteiger partial charge in [0.1, 0.15) is 0 Å². The van der Waals surface area contributed by atoms with Gasteiger partial charge in [-0.1, -0.05) is 18.2 Å². The van der Waals surface area contributed by atoms with Crippen LogP contribution in [0.5, 0.6) is 0 Å². The summed E-state index contributed by atoms with van der Waals surface area (Å²) >= 11 is 1.64. The molecular formula is C14H14ClNO2S. The highest BCUT2D eigenvalue weighted by atomic mass is 35.5. The zero-order valence-corrected chi connectivity index (χ0v) is 12.3. The molecule has 0 saturated heterocycles. The van der Waals surface area contributed by atoms with Gasteiger partial charge in [-0.2, -0.15) is 0 Å². The molecule has 0 fully saturated rings. The number of rotatable bonds is 2. The Morgan fingerprint density at radius 1 is 1.37 bits per heavy atom. The average molecular weight is 296 g/mol. The van der Waals surface area contributed by atoms with Gasteiger partial charge in [-0.15, -0.1) is 23.7 Å². The molecule has 1 aromatic carbocycles. The summed E-state index contributed by atoms with van der Waals surface area (Å²) in [4.78, 5) is 16.3. The molecule has 0 aliphatic heterocycles. The number of esters is 1. The molecule has 0 saturated carbocycles. The zero-order valence-electron chi connectivity index (χ0n) is 10.6. The van der Waals surface area contributed by atoms with Crippen LogP contribution in [0.3, 0.4) is 0 Å². The molecule has 3 aromatic rings. The number of hydrogen-bond acceptors (Lipinski definition) is 3. The summed E-state index contributed by atoms with van der Waals surface area (Å²) in [5, 5.41) is 1.16. The van der Waals surface area contributed by atoms with Crippen molar-refractivity contribution in [2.45, 2.75) is 13.8 Å². The summed E-state index contributed by atoms with van der Waals surface area (Å²) in [5.41, 5.74) is 2.63. The number of aryl methyl sites for hydroxylation is 1. The molecule has 2 aromatic heterocycles. The highest BCUT2D eigenvalue weighted by Gasteiger charge is 2.20. The molecule has 0 amide bonds. The van der Waals surface area contributed by atoms with E-state index >= 15 is 0 Å². The van der Waals surface area contributed by atoms with Crippen LogP contribution in [0.25, 0.3) is 21.1 Å². The van der Waals surface area contributed by atoms with E-state index in [1.165, 1.54) is 0 Å². The lowest BCUT2D eigenvalue weighted by Crippen LogP contribution is -2.05. The van der Waals surface area contributed by atoms with Gasteiger partial charge >= 0.3 is 5.97 Å². The molecule has 3 nitrogen and oxygen atoms in total. The number of ether oxygens (including phenoxy) is 1. The SMILES string of the molecule is CCOC(=O)c1c(C)sc2c1[nH]c1ccccc12.Cl. The summed E-state index contributed by atoms with van der Waals surface area (Å²) in [7, 11) is 0. The van der Waals surface area contributed by atoms with E-state index in [1.54, 1.807) is 11.3 Å². The third kappa shape index (κ3) is 2.11. The van der Waals surface area contributed by atoms with Crippen molar-refractivity contribution in [3.8, 4) is 0 Å². The maximum atomic E-state index is 12.0. The molecule has 5 heteroatoms. The fourth-order valence-electron chi connectivity index (χ4n) is 2.23. The molecule has 3 rings (SSSR count). The van der Waals surface area contributed by atoms with Crippen LogP contribution in [0.2, 0.25) is 0 Å². The smallest absolute Gasteiger partial charge is 0.341 e. The van der Waals surface area contributed by atoms with Crippen LogP contribution in [0, 0.1) is 6.92 Å². The van der Waals surface area contributed by atoms with Crippen molar-refractivity contribution in [3.63, 3.8) is 0 Å². The van der Waals surface area contributed by atoms with Crippen LogP contribution in [0.15, 0.2) is 24.3 Å². The topological polar surface area (TPSA) is 42.1 Å². The number of carbonyl (C=O) groups excluding carboxylic acids is 1. The average Bonchev–Trinajstić information content (AvgIpc) is 2.84. The number of H-pyrrole nitrogens is 1. The van der Waals surface area contributed by atoms with E-state index in [-0.39, 0.29) is 18.4 Å². The molecule has 0 atom stereocenters. The van der Waals surface area contributed by atoms with Crippen LogP contribution in [-0.2, 0) is 4.74 Å². The van der Waals surface area contributed by atoms with Gasteiger partial charge in [-0.3, -0.25) is 0 Å². The Hall–Kier alpha value is -1.52. The van der Waals surface area contributed by atoms with E-state index in [4.69, 9.17) is 4.74 Å². The number of aromatic nitrogens is 1. The number of nitrogens with one attached hydrogen (secondary N) is 1. The molecular weight excluding hydrogens is 282 g/mol. The monoisotopic (exact) mass is 295 g/mol. The number of fused-ring (bicyclic) bond motifs is 3. The van der Waals surface area contributed by atoms with E-state index in [2.05, 4.69) is 11.1 Å². The van der Waals surface area contributed by atoms with Gasteiger partial charge in [0.25, 0.3) is 0 Å². The molecule has 19 heavy (non-hydrogen) atoms. The largest absolute Gasteiger partial charge is 0.462 e. The van der Waals surface area contributed by atoms with Gasteiger partial charge < -0.3 is 9.72 Å². The van der Waals surface area contributed by atoms with Gasteiger partial charge in [-0.05, 0) is 19.9 Å². The van der Waals surface area contributed by atoms with Crippen molar-refractivity contribution in [1.82, 2.24) is 4.98 Å². The normalized spacial score (nSPS) is 10.6. The minimum atomic E-state index is -0.243. The van der Waals surface area contributed by atoms with Crippen LogP contribution in [0.1, 0.15) is 22.2 Å². The zero-order chi connectivity index (χ0) is 12.7. The molecule has 0 aliphatic carbocycles. The first-order chi connectivity index (χ1) is 8.72. The molecule has 2 heterocycles. The van der Waals surface area contributed by atoms with Gasteiger partial charge in [0.2, 0.25) is 0 Å². The Balaban J connectivity index is 0.00000133. The second-order valence-electron chi connectivity index (χ2n) is 4.13. The number of carbonyl (C=O) groups is 1. The number of aromatic amines is 1. The fourth-order valence-corrected chi connectivity index (χ4v) is 3.36. The Morgan fingerprint density at radius 3 is 2.84 bits per heavy atom. The van der Waals surface area contributed by atoms with Gasteiger partial charge in [-0.25, -0.2) is 4.79 Å². The molecule has 0 radical (unpaired) electrons. The first kappa shape index (κ1) is 13.9. The highest BCUT2D eigenvalue weighted by Crippen LogP contribution is 2.36. The van der Waals surface area contributed by atoms with E-state index < -0.39 is 0 Å². The Labute approximate surface area is 121 Å².